The second-order valence-electron chi connectivity index (χ2n) is 5.48. The minimum atomic E-state index is -0.569. The number of rotatable bonds is 2. The first-order valence-electron chi connectivity index (χ1n) is 7.17. The number of hydrogen-bond acceptors (Lipinski definition) is 4. The average Bonchev–Trinajstić information content (AvgIpc) is 2.49. The predicted octanol–water partition coefficient (Wildman–Crippen LogP) is 1.21. The molecule has 0 spiro atoms. The van der Waals surface area contributed by atoms with E-state index in [1.165, 1.54) is 0 Å². The van der Waals surface area contributed by atoms with Crippen LogP contribution in [0.5, 0.6) is 11.5 Å². The van der Waals surface area contributed by atoms with Gasteiger partial charge in [0, 0.05) is 12.1 Å². The molecule has 1 aliphatic carbocycles. The van der Waals surface area contributed by atoms with Crippen LogP contribution >= 0.6 is 0 Å². The van der Waals surface area contributed by atoms with Gasteiger partial charge in [-0.2, -0.15) is 0 Å². The minimum absolute atomic E-state index is 0.0972. The van der Waals surface area contributed by atoms with Crippen molar-refractivity contribution in [3.05, 3.63) is 24.3 Å². The number of hydrogen-bond donors (Lipinski definition) is 2. The third-order valence-corrected chi connectivity index (χ3v) is 3.92. The molecule has 108 valence electrons. The molecular weight excluding hydrogens is 256 g/mol. The van der Waals surface area contributed by atoms with Crippen molar-refractivity contribution in [3.63, 3.8) is 0 Å². The second-order valence-corrected chi connectivity index (χ2v) is 5.48. The van der Waals surface area contributed by atoms with Crippen molar-refractivity contribution in [3.8, 4) is 11.5 Å². The van der Waals surface area contributed by atoms with Crippen LogP contribution in [0.25, 0.3) is 0 Å². The lowest BCUT2D eigenvalue weighted by Gasteiger charge is -2.30. The van der Waals surface area contributed by atoms with Crippen LogP contribution in [-0.2, 0) is 4.79 Å². The van der Waals surface area contributed by atoms with Crippen LogP contribution in [-0.4, -0.2) is 30.7 Å². The quantitative estimate of drug-likeness (QED) is 0.851. The van der Waals surface area contributed by atoms with Crippen molar-refractivity contribution in [1.82, 2.24) is 5.32 Å². The maximum atomic E-state index is 12.2. The number of ether oxygens (including phenoxy) is 2. The summed E-state index contributed by atoms with van der Waals surface area (Å²) in [5.41, 5.74) is 5.87. The summed E-state index contributed by atoms with van der Waals surface area (Å²) >= 11 is 0. The van der Waals surface area contributed by atoms with Crippen molar-refractivity contribution in [2.45, 2.75) is 43.9 Å². The van der Waals surface area contributed by atoms with Gasteiger partial charge in [0.15, 0.2) is 11.5 Å². The molecule has 5 nitrogen and oxygen atoms in total. The Morgan fingerprint density at radius 3 is 2.60 bits per heavy atom. The van der Waals surface area contributed by atoms with Gasteiger partial charge < -0.3 is 20.5 Å². The first-order chi connectivity index (χ1) is 9.72. The first kappa shape index (κ1) is 13.2. The van der Waals surface area contributed by atoms with Gasteiger partial charge >= 0.3 is 0 Å². The fourth-order valence-electron chi connectivity index (χ4n) is 2.71. The molecule has 0 radical (unpaired) electrons. The van der Waals surface area contributed by atoms with Crippen LogP contribution in [0.1, 0.15) is 25.7 Å². The van der Waals surface area contributed by atoms with Crippen molar-refractivity contribution >= 4 is 5.91 Å². The Morgan fingerprint density at radius 2 is 1.85 bits per heavy atom. The Hall–Kier alpha value is -1.75. The fourth-order valence-corrected chi connectivity index (χ4v) is 2.71. The molecule has 1 aromatic carbocycles. The lowest BCUT2D eigenvalue weighted by molar-refractivity contribution is -0.131. The van der Waals surface area contributed by atoms with Gasteiger partial charge in [0.05, 0.1) is 0 Å². The summed E-state index contributed by atoms with van der Waals surface area (Å²) in [6, 6.07) is 7.89. The Balaban J connectivity index is 1.56. The topological polar surface area (TPSA) is 73.6 Å². The smallest absolute Gasteiger partial charge is 0.264 e. The maximum Gasteiger partial charge on any atom is 0.264 e. The summed E-state index contributed by atoms with van der Waals surface area (Å²) in [5.74, 6) is 1.23. The zero-order chi connectivity index (χ0) is 13.9. The largest absolute Gasteiger partial charge is 0.485 e. The van der Waals surface area contributed by atoms with E-state index in [1.807, 2.05) is 24.3 Å². The van der Waals surface area contributed by atoms with E-state index in [2.05, 4.69) is 5.32 Å². The number of benzene rings is 1. The van der Waals surface area contributed by atoms with Crippen LogP contribution in [0, 0.1) is 0 Å². The maximum absolute atomic E-state index is 12.2. The van der Waals surface area contributed by atoms with E-state index in [9.17, 15) is 4.79 Å². The summed E-state index contributed by atoms with van der Waals surface area (Å²) in [5, 5.41) is 3.04. The van der Waals surface area contributed by atoms with E-state index in [0.717, 1.165) is 25.7 Å². The summed E-state index contributed by atoms with van der Waals surface area (Å²) in [7, 11) is 0. The first-order valence-corrected chi connectivity index (χ1v) is 7.17. The lowest BCUT2D eigenvalue weighted by Crippen LogP contribution is -2.49. The average molecular weight is 276 g/mol. The van der Waals surface area contributed by atoms with Gasteiger partial charge in [-0.1, -0.05) is 12.1 Å². The molecule has 5 heteroatoms. The third-order valence-electron chi connectivity index (χ3n) is 3.92. The molecule has 1 heterocycles. The van der Waals surface area contributed by atoms with Crippen molar-refractivity contribution in [1.29, 1.82) is 0 Å². The van der Waals surface area contributed by atoms with Crippen molar-refractivity contribution in [2.75, 3.05) is 6.61 Å². The van der Waals surface area contributed by atoms with Crippen molar-refractivity contribution in [2.24, 2.45) is 5.73 Å². The molecular formula is C15H20N2O3. The molecule has 1 amide bonds. The molecule has 0 unspecified atom stereocenters. The fraction of sp³-hybridized carbons (Fsp3) is 0.533. The monoisotopic (exact) mass is 276 g/mol. The molecule has 20 heavy (non-hydrogen) atoms. The summed E-state index contributed by atoms with van der Waals surface area (Å²) in [4.78, 5) is 12.2. The number of fused-ring (bicyclic) bond motifs is 1. The highest BCUT2D eigenvalue weighted by Crippen LogP contribution is 2.31. The Kier molecular flexibility index (Phi) is 3.78. The Bertz CT molecular complexity index is 484. The number of carbonyl (C=O) groups excluding carboxylic acids is 1. The number of nitrogens with two attached hydrogens (primary N) is 1. The van der Waals surface area contributed by atoms with E-state index >= 15 is 0 Å². The van der Waals surface area contributed by atoms with Crippen LogP contribution in [0.2, 0.25) is 0 Å². The molecule has 3 N–H and O–H groups in total. The molecule has 1 aliphatic heterocycles. The highest BCUT2D eigenvalue weighted by atomic mass is 16.6. The van der Waals surface area contributed by atoms with Crippen LogP contribution < -0.4 is 20.5 Å². The van der Waals surface area contributed by atoms with Gasteiger partial charge in [0.1, 0.15) is 6.61 Å². The number of amides is 1. The second kappa shape index (κ2) is 5.71. The van der Waals surface area contributed by atoms with E-state index in [4.69, 9.17) is 15.2 Å². The highest BCUT2D eigenvalue weighted by molar-refractivity contribution is 5.82. The minimum Gasteiger partial charge on any atom is -0.485 e. The third kappa shape index (κ3) is 2.88. The molecule has 0 saturated heterocycles. The zero-order valence-electron chi connectivity index (χ0n) is 11.4. The van der Waals surface area contributed by atoms with Crippen LogP contribution in [0.4, 0.5) is 0 Å². The van der Waals surface area contributed by atoms with Gasteiger partial charge in [-0.25, -0.2) is 0 Å². The number of nitrogens with one attached hydrogen (secondary N) is 1. The molecule has 1 saturated carbocycles. The van der Waals surface area contributed by atoms with E-state index < -0.39 is 6.10 Å². The molecule has 0 bridgehead atoms. The van der Waals surface area contributed by atoms with E-state index in [1.54, 1.807) is 0 Å². The van der Waals surface area contributed by atoms with Gasteiger partial charge in [-0.15, -0.1) is 0 Å². The molecule has 3 rings (SSSR count). The molecule has 1 atom stereocenters. The lowest BCUT2D eigenvalue weighted by atomic mass is 9.92. The molecule has 1 aromatic rings. The normalized spacial score (nSPS) is 28.8. The highest BCUT2D eigenvalue weighted by Gasteiger charge is 2.29. The predicted molar refractivity (Wildman–Crippen MR) is 74.7 cm³/mol. The zero-order valence-corrected chi connectivity index (χ0v) is 11.4. The van der Waals surface area contributed by atoms with E-state index in [0.29, 0.717) is 11.5 Å². The van der Waals surface area contributed by atoms with Crippen LogP contribution in [0.15, 0.2) is 24.3 Å². The van der Waals surface area contributed by atoms with Gasteiger partial charge in [0.25, 0.3) is 5.91 Å². The van der Waals surface area contributed by atoms with E-state index in [-0.39, 0.29) is 24.6 Å². The van der Waals surface area contributed by atoms with Crippen molar-refractivity contribution < 1.29 is 14.3 Å². The molecule has 2 aliphatic rings. The molecule has 0 aromatic heterocycles. The summed E-state index contributed by atoms with van der Waals surface area (Å²) in [6.07, 6.45) is 3.25. The SMILES string of the molecule is NC1CCC(NC(=O)[C@H]2COc3ccccc3O2)CC1. The Morgan fingerprint density at radius 1 is 1.15 bits per heavy atom. The Labute approximate surface area is 118 Å². The summed E-state index contributed by atoms with van der Waals surface area (Å²) < 4.78 is 11.3. The standard InChI is InChI=1S/C15H20N2O3/c16-10-5-7-11(8-6-10)17-15(18)14-9-19-12-3-1-2-4-13(12)20-14/h1-4,10-11,14H,5-9,16H2,(H,17,18)/t10?,11?,14-/m1/s1. The summed E-state index contributed by atoms with van der Waals surface area (Å²) in [6.45, 7) is 0.259. The van der Waals surface area contributed by atoms with Crippen LogP contribution in [0.3, 0.4) is 0 Å². The van der Waals surface area contributed by atoms with Gasteiger partial charge in [0.2, 0.25) is 6.10 Å². The molecule has 1 fully saturated rings. The number of para-hydroxylation sites is 2. The van der Waals surface area contributed by atoms with Gasteiger partial charge in [-0.05, 0) is 37.8 Å². The number of carbonyl (C=O) groups is 1. The van der Waals surface area contributed by atoms with Gasteiger partial charge in [-0.3, -0.25) is 4.79 Å².